The molecule has 0 unspecified atom stereocenters. The van der Waals surface area contributed by atoms with Crippen LogP contribution in [-0.4, -0.2) is 28.9 Å². The van der Waals surface area contributed by atoms with Gasteiger partial charge in [-0.3, -0.25) is 4.79 Å². The Morgan fingerprint density at radius 3 is 2.83 bits per heavy atom. The minimum atomic E-state index is 0.0790. The second-order valence-corrected chi connectivity index (χ2v) is 4.39. The van der Waals surface area contributed by atoms with Gasteiger partial charge in [-0.05, 0) is 31.5 Å². The molecule has 0 atom stereocenters. The lowest BCUT2D eigenvalue weighted by Gasteiger charge is -2.19. The normalized spacial score (nSPS) is 10.8. The fourth-order valence-corrected chi connectivity index (χ4v) is 2.16. The molecule has 0 spiro atoms. The molecule has 96 valence electrons. The molecule has 0 saturated heterocycles. The highest BCUT2D eigenvalue weighted by Gasteiger charge is 2.17. The van der Waals surface area contributed by atoms with Gasteiger partial charge in [-0.2, -0.15) is 0 Å². The first-order valence-electron chi connectivity index (χ1n) is 6.33. The lowest BCUT2D eigenvalue weighted by Crippen LogP contribution is -2.31. The Balaban J connectivity index is 2.38. The van der Waals surface area contributed by atoms with E-state index in [0.29, 0.717) is 5.69 Å². The maximum Gasteiger partial charge on any atom is 0.256 e. The largest absolute Gasteiger partial charge is 0.399 e. The molecule has 4 heteroatoms. The molecular weight excluding hydrogens is 226 g/mol. The van der Waals surface area contributed by atoms with Gasteiger partial charge in [-0.15, -0.1) is 0 Å². The molecule has 1 amide bonds. The summed E-state index contributed by atoms with van der Waals surface area (Å²) in [5, 5.41) is 0.934. The fraction of sp³-hybridized carbons (Fsp3) is 0.357. The topological polar surface area (TPSA) is 62.1 Å². The van der Waals surface area contributed by atoms with Crippen LogP contribution in [0.3, 0.4) is 0 Å². The average Bonchev–Trinajstić information content (AvgIpc) is 2.77. The molecule has 0 radical (unpaired) electrons. The van der Waals surface area contributed by atoms with Gasteiger partial charge in [0, 0.05) is 35.9 Å². The number of nitrogens with two attached hydrogens (primary N) is 1. The minimum Gasteiger partial charge on any atom is -0.399 e. The zero-order chi connectivity index (χ0) is 13.1. The van der Waals surface area contributed by atoms with Gasteiger partial charge in [0.05, 0.1) is 5.56 Å². The van der Waals surface area contributed by atoms with Crippen LogP contribution in [0.1, 0.15) is 30.6 Å². The SMILES string of the molecule is CCCN(CC)C(=O)c1c[nH]c2cc(N)ccc12. The summed E-state index contributed by atoms with van der Waals surface area (Å²) in [4.78, 5) is 17.4. The van der Waals surface area contributed by atoms with Crippen molar-refractivity contribution in [1.82, 2.24) is 9.88 Å². The number of carbonyl (C=O) groups is 1. The van der Waals surface area contributed by atoms with Gasteiger partial charge in [0.15, 0.2) is 0 Å². The Morgan fingerprint density at radius 2 is 2.17 bits per heavy atom. The van der Waals surface area contributed by atoms with Crippen molar-refractivity contribution in [2.75, 3.05) is 18.8 Å². The molecule has 0 fully saturated rings. The first-order valence-corrected chi connectivity index (χ1v) is 6.33. The van der Waals surface area contributed by atoms with E-state index in [9.17, 15) is 4.79 Å². The number of hydrogen-bond acceptors (Lipinski definition) is 2. The number of H-pyrrole nitrogens is 1. The number of benzene rings is 1. The van der Waals surface area contributed by atoms with Gasteiger partial charge >= 0.3 is 0 Å². The van der Waals surface area contributed by atoms with Crippen LogP contribution in [0, 0.1) is 0 Å². The van der Waals surface area contributed by atoms with Crippen LogP contribution in [0.2, 0.25) is 0 Å². The molecule has 0 bridgehead atoms. The molecule has 3 N–H and O–H groups in total. The second-order valence-electron chi connectivity index (χ2n) is 4.39. The zero-order valence-corrected chi connectivity index (χ0v) is 10.9. The molecule has 0 aliphatic heterocycles. The summed E-state index contributed by atoms with van der Waals surface area (Å²) in [7, 11) is 0. The summed E-state index contributed by atoms with van der Waals surface area (Å²) in [6, 6.07) is 5.57. The van der Waals surface area contributed by atoms with E-state index in [1.165, 1.54) is 0 Å². The van der Waals surface area contributed by atoms with Crippen LogP contribution in [0.5, 0.6) is 0 Å². The summed E-state index contributed by atoms with van der Waals surface area (Å²) in [6.07, 6.45) is 2.74. The minimum absolute atomic E-state index is 0.0790. The van der Waals surface area contributed by atoms with E-state index in [4.69, 9.17) is 5.73 Å². The van der Waals surface area contributed by atoms with E-state index >= 15 is 0 Å². The number of aromatic amines is 1. The summed E-state index contributed by atoms with van der Waals surface area (Å²) in [6.45, 7) is 5.59. The highest BCUT2D eigenvalue weighted by molar-refractivity contribution is 6.07. The molecule has 0 aliphatic rings. The third-order valence-corrected chi connectivity index (χ3v) is 3.10. The van der Waals surface area contributed by atoms with E-state index in [1.807, 2.05) is 30.0 Å². The van der Waals surface area contributed by atoms with E-state index in [0.717, 1.165) is 36.0 Å². The van der Waals surface area contributed by atoms with Gasteiger partial charge in [0.2, 0.25) is 0 Å². The van der Waals surface area contributed by atoms with Crippen molar-refractivity contribution in [1.29, 1.82) is 0 Å². The van der Waals surface area contributed by atoms with Crippen molar-refractivity contribution >= 4 is 22.5 Å². The van der Waals surface area contributed by atoms with Crippen LogP contribution in [0.15, 0.2) is 24.4 Å². The van der Waals surface area contributed by atoms with Crippen molar-refractivity contribution in [3.8, 4) is 0 Å². The van der Waals surface area contributed by atoms with Gasteiger partial charge in [0.1, 0.15) is 0 Å². The molecule has 2 aromatic rings. The van der Waals surface area contributed by atoms with Crippen molar-refractivity contribution < 1.29 is 4.79 Å². The van der Waals surface area contributed by atoms with Crippen LogP contribution < -0.4 is 5.73 Å². The smallest absolute Gasteiger partial charge is 0.256 e. The Hall–Kier alpha value is -1.97. The van der Waals surface area contributed by atoms with Crippen molar-refractivity contribution in [3.05, 3.63) is 30.0 Å². The highest BCUT2D eigenvalue weighted by Crippen LogP contribution is 2.22. The lowest BCUT2D eigenvalue weighted by atomic mass is 10.1. The number of fused-ring (bicyclic) bond motifs is 1. The predicted molar refractivity (Wildman–Crippen MR) is 74.6 cm³/mol. The third kappa shape index (κ3) is 2.18. The van der Waals surface area contributed by atoms with Gasteiger partial charge in [0.25, 0.3) is 5.91 Å². The Labute approximate surface area is 107 Å². The third-order valence-electron chi connectivity index (χ3n) is 3.10. The Kier molecular flexibility index (Phi) is 3.55. The number of nitrogen functional groups attached to an aromatic ring is 1. The van der Waals surface area contributed by atoms with Gasteiger partial charge in [-0.1, -0.05) is 6.92 Å². The molecule has 18 heavy (non-hydrogen) atoms. The van der Waals surface area contributed by atoms with E-state index < -0.39 is 0 Å². The molecule has 2 rings (SSSR count). The lowest BCUT2D eigenvalue weighted by molar-refractivity contribution is 0.0766. The van der Waals surface area contributed by atoms with Crippen LogP contribution in [0.4, 0.5) is 5.69 Å². The van der Waals surface area contributed by atoms with Crippen LogP contribution in [-0.2, 0) is 0 Å². The standard InChI is InChI=1S/C14H19N3O/c1-3-7-17(4-2)14(18)12-9-16-13-8-10(15)5-6-11(12)13/h5-6,8-9,16H,3-4,7,15H2,1-2H3. The first kappa shape index (κ1) is 12.5. The maximum atomic E-state index is 12.4. The van der Waals surface area contributed by atoms with Crippen LogP contribution >= 0.6 is 0 Å². The molecule has 1 aromatic heterocycles. The number of amides is 1. The monoisotopic (exact) mass is 245 g/mol. The highest BCUT2D eigenvalue weighted by atomic mass is 16.2. The van der Waals surface area contributed by atoms with E-state index in [-0.39, 0.29) is 5.91 Å². The number of nitrogens with zero attached hydrogens (tertiary/aromatic N) is 1. The van der Waals surface area contributed by atoms with Crippen molar-refractivity contribution in [2.24, 2.45) is 0 Å². The van der Waals surface area contributed by atoms with E-state index in [2.05, 4.69) is 11.9 Å². The van der Waals surface area contributed by atoms with Gasteiger partial charge < -0.3 is 15.6 Å². The number of nitrogens with one attached hydrogen (secondary N) is 1. The number of aromatic nitrogens is 1. The number of rotatable bonds is 4. The molecule has 1 aromatic carbocycles. The molecule has 0 saturated carbocycles. The molecule has 0 aliphatic carbocycles. The average molecular weight is 245 g/mol. The van der Waals surface area contributed by atoms with Crippen molar-refractivity contribution in [2.45, 2.75) is 20.3 Å². The second kappa shape index (κ2) is 5.12. The van der Waals surface area contributed by atoms with Crippen molar-refractivity contribution in [3.63, 3.8) is 0 Å². The molecular formula is C14H19N3O. The quantitative estimate of drug-likeness (QED) is 0.813. The Morgan fingerprint density at radius 1 is 1.39 bits per heavy atom. The summed E-state index contributed by atoms with van der Waals surface area (Å²) in [5.74, 6) is 0.0790. The number of anilines is 1. The maximum absolute atomic E-state index is 12.4. The van der Waals surface area contributed by atoms with Crippen LogP contribution in [0.25, 0.3) is 10.9 Å². The Bertz CT molecular complexity index is 559. The molecule has 1 heterocycles. The summed E-state index contributed by atoms with van der Waals surface area (Å²) >= 11 is 0. The van der Waals surface area contributed by atoms with Gasteiger partial charge in [-0.25, -0.2) is 0 Å². The summed E-state index contributed by atoms with van der Waals surface area (Å²) in [5.41, 5.74) is 8.06. The zero-order valence-electron chi connectivity index (χ0n) is 10.9. The fourth-order valence-electron chi connectivity index (χ4n) is 2.16. The molecule has 4 nitrogen and oxygen atoms in total. The summed E-state index contributed by atoms with van der Waals surface area (Å²) < 4.78 is 0. The number of carbonyl (C=O) groups excluding carboxylic acids is 1. The van der Waals surface area contributed by atoms with E-state index in [1.54, 1.807) is 6.20 Å². The first-order chi connectivity index (χ1) is 8.67. The predicted octanol–water partition coefficient (Wildman–Crippen LogP) is 2.62. The number of hydrogen-bond donors (Lipinski definition) is 2.